The summed E-state index contributed by atoms with van der Waals surface area (Å²) in [4.78, 5) is 27.8. The van der Waals surface area contributed by atoms with Crippen molar-refractivity contribution in [3.05, 3.63) is 50.4 Å². The van der Waals surface area contributed by atoms with Crippen LogP contribution in [0.5, 0.6) is 0 Å². The average Bonchev–Trinajstić information content (AvgIpc) is 3.25. The lowest BCUT2D eigenvalue weighted by Gasteiger charge is -2.30. The van der Waals surface area contributed by atoms with E-state index in [0.717, 1.165) is 34.3 Å². The number of carbonyl (C=O) groups is 2. The number of carbonyl (C=O) groups excluding carboxylic acids is 2. The second-order valence-corrected chi connectivity index (χ2v) is 9.18. The van der Waals surface area contributed by atoms with Crippen molar-refractivity contribution >= 4 is 56.6 Å². The van der Waals surface area contributed by atoms with Crippen LogP contribution in [-0.4, -0.2) is 39.6 Å². The molecule has 1 atom stereocenters. The maximum absolute atomic E-state index is 13.0. The monoisotopic (exact) mass is 450 g/mol. The first-order valence-electron chi connectivity index (χ1n) is 9.33. The van der Waals surface area contributed by atoms with Crippen LogP contribution in [0.25, 0.3) is 10.2 Å². The topological polar surface area (TPSA) is 81.2 Å². The van der Waals surface area contributed by atoms with Gasteiger partial charge in [-0.25, -0.2) is 0 Å². The highest BCUT2D eigenvalue weighted by Gasteiger charge is 2.29. The molecule has 2 amide bonds. The van der Waals surface area contributed by atoms with Crippen molar-refractivity contribution < 1.29 is 9.59 Å². The van der Waals surface area contributed by atoms with Gasteiger partial charge in [-0.2, -0.15) is 5.10 Å². The van der Waals surface area contributed by atoms with Gasteiger partial charge in [0.1, 0.15) is 4.83 Å². The molecule has 1 aliphatic rings. The van der Waals surface area contributed by atoms with E-state index in [2.05, 4.69) is 5.10 Å². The predicted octanol–water partition coefficient (Wildman–Crippen LogP) is 4.10. The summed E-state index contributed by atoms with van der Waals surface area (Å²) in [5, 5.41) is 6.72. The standard InChI is InChI=1S/C20H20Cl2N4O2S/c1-11-15-8-17(19(28)25-6-2-3-13(9-25)18(23)27)29-20(15)26(24-11)10-12-4-5-14(21)7-16(12)22/h4-5,7-8,13H,2-3,6,9-10H2,1H3,(H2,23,27). The van der Waals surface area contributed by atoms with Crippen LogP contribution in [0.1, 0.15) is 33.8 Å². The Labute approximate surface area is 182 Å². The van der Waals surface area contributed by atoms with E-state index in [1.807, 2.05) is 23.7 Å². The Bertz CT molecular complexity index is 1110. The molecule has 0 saturated carbocycles. The molecule has 0 bridgehead atoms. The lowest BCUT2D eigenvalue weighted by molar-refractivity contribution is -0.123. The third kappa shape index (κ3) is 3.99. The summed E-state index contributed by atoms with van der Waals surface area (Å²) >= 11 is 13.7. The first-order valence-corrected chi connectivity index (χ1v) is 10.9. The number of nitrogens with two attached hydrogens (primary N) is 1. The summed E-state index contributed by atoms with van der Waals surface area (Å²) in [7, 11) is 0. The Kier molecular flexibility index (Phi) is 5.55. The van der Waals surface area contributed by atoms with Crippen molar-refractivity contribution in [2.24, 2.45) is 11.7 Å². The van der Waals surface area contributed by atoms with Crippen LogP contribution in [0, 0.1) is 12.8 Å². The predicted molar refractivity (Wildman–Crippen MR) is 116 cm³/mol. The largest absolute Gasteiger partial charge is 0.369 e. The van der Waals surface area contributed by atoms with Crippen molar-refractivity contribution in [3.63, 3.8) is 0 Å². The molecule has 0 aliphatic carbocycles. The first-order chi connectivity index (χ1) is 13.8. The van der Waals surface area contributed by atoms with Crippen molar-refractivity contribution in [2.75, 3.05) is 13.1 Å². The summed E-state index contributed by atoms with van der Waals surface area (Å²) in [5.74, 6) is -0.677. The molecule has 29 heavy (non-hydrogen) atoms. The van der Waals surface area contributed by atoms with Crippen molar-refractivity contribution in [3.8, 4) is 0 Å². The van der Waals surface area contributed by atoms with Gasteiger partial charge in [-0.1, -0.05) is 29.3 Å². The lowest BCUT2D eigenvalue weighted by Crippen LogP contribution is -2.43. The zero-order chi connectivity index (χ0) is 20.7. The summed E-state index contributed by atoms with van der Waals surface area (Å²) < 4.78 is 1.86. The minimum absolute atomic E-state index is 0.0624. The number of hydrogen-bond donors (Lipinski definition) is 1. The first kappa shape index (κ1) is 20.2. The zero-order valence-corrected chi connectivity index (χ0v) is 18.2. The molecule has 152 valence electrons. The van der Waals surface area contributed by atoms with Crippen LogP contribution in [-0.2, 0) is 11.3 Å². The summed E-state index contributed by atoms with van der Waals surface area (Å²) in [6, 6.07) is 7.27. The number of benzene rings is 1. The molecular weight excluding hydrogens is 431 g/mol. The molecule has 6 nitrogen and oxygen atoms in total. The number of fused-ring (bicyclic) bond motifs is 1. The number of aryl methyl sites for hydroxylation is 1. The molecule has 1 fully saturated rings. The minimum atomic E-state index is -0.342. The summed E-state index contributed by atoms with van der Waals surface area (Å²) in [5.41, 5.74) is 7.20. The second kappa shape index (κ2) is 7.97. The number of halogens is 2. The van der Waals surface area contributed by atoms with Crippen LogP contribution in [0.3, 0.4) is 0 Å². The van der Waals surface area contributed by atoms with Crippen LogP contribution >= 0.6 is 34.5 Å². The number of thiophene rings is 1. The minimum Gasteiger partial charge on any atom is -0.369 e. The van der Waals surface area contributed by atoms with Crippen molar-refractivity contribution in [2.45, 2.75) is 26.3 Å². The number of nitrogens with zero attached hydrogens (tertiary/aromatic N) is 3. The number of piperidine rings is 1. The third-order valence-corrected chi connectivity index (χ3v) is 6.99. The quantitative estimate of drug-likeness (QED) is 0.649. The highest BCUT2D eigenvalue weighted by molar-refractivity contribution is 7.20. The highest BCUT2D eigenvalue weighted by atomic mass is 35.5. The van der Waals surface area contributed by atoms with Crippen LogP contribution in [0.15, 0.2) is 24.3 Å². The van der Waals surface area contributed by atoms with E-state index in [1.54, 1.807) is 17.0 Å². The lowest BCUT2D eigenvalue weighted by atomic mass is 9.97. The Hall–Kier alpha value is -2.09. The maximum Gasteiger partial charge on any atom is 0.264 e. The zero-order valence-electron chi connectivity index (χ0n) is 15.8. The second-order valence-electron chi connectivity index (χ2n) is 7.30. The van der Waals surface area contributed by atoms with Crippen LogP contribution < -0.4 is 5.73 Å². The van der Waals surface area contributed by atoms with E-state index in [4.69, 9.17) is 28.9 Å². The fourth-order valence-electron chi connectivity index (χ4n) is 3.69. The Morgan fingerprint density at radius 1 is 1.31 bits per heavy atom. The molecule has 1 aliphatic heterocycles. The van der Waals surface area contributed by atoms with Gasteiger partial charge in [-0.05, 0) is 43.5 Å². The van der Waals surface area contributed by atoms with E-state index >= 15 is 0 Å². The Morgan fingerprint density at radius 3 is 2.83 bits per heavy atom. The summed E-state index contributed by atoms with van der Waals surface area (Å²) in [6.45, 7) is 3.44. The van der Waals surface area contributed by atoms with Gasteiger partial charge in [0, 0.05) is 28.5 Å². The normalized spacial score (nSPS) is 17.1. The third-order valence-electron chi connectivity index (χ3n) is 5.26. The highest BCUT2D eigenvalue weighted by Crippen LogP contribution is 2.31. The molecule has 3 aromatic rings. The average molecular weight is 451 g/mol. The van der Waals surface area contributed by atoms with Gasteiger partial charge in [0.25, 0.3) is 5.91 Å². The summed E-state index contributed by atoms with van der Waals surface area (Å²) in [6.07, 6.45) is 1.52. The van der Waals surface area contributed by atoms with Gasteiger partial charge in [0.2, 0.25) is 5.91 Å². The molecule has 4 rings (SSSR count). The number of rotatable bonds is 4. The number of hydrogen-bond acceptors (Lipinski definition) is 4. The van der Waals surface area contributed by atoms with Gasteiger partial charge in [-0.3, -0.25) is 14.3 Å². The SMILES string of the molecule is Cc1nn(Cc2ccc(Cl)cc2Cl)c2sc(C(=O)N3CCCC(C(N)=O)C3)cc12. The molecule has 2 N–H and O–H groups in total. The van der Waals surface area contributed by atoms with E-state index in [1.165, 1.54) is 11.3 Å². The van der Waals surface area contributed by atoms with Gasteiger partial charge in [0.05, 0.1) is 23.0 Å². The fourth-order valence-corrected chi connectivity index (χ4v) is 5.28. The van der Waals surface area contributed by atoms with Gasteiger partial charge < -0.3 is 10.6 Å². The van der Waals surface area contributed by atoms with E-state index in [9.17, 15) is 9.59 Å². The van der Waals surface area contributed by atoms with Crippen LogP contribution in [0.2, 0.25) is 10.0 Å². The number of aromatic nitrogens is 2. The van der Waals surface area contributed by atoms with Gasteiger partial charge in [-0.15, -0.1) is 11.3 Å². The Balaban J connectivity index is 1.62. The van der Waals surface area contributed by atoms with Gasteiger partial charge >= 0.3 is 0 Å². The molecule has 0 spiro atoms. The molecule has 1 aromatic carbocycles. The van der Waals surface area contributed by atoms with Crippen molar-refractivity contribution in [1.29, 1.82) is 0 Å². The number of primary amides is 1. The Morgan fingerprint density at radius 2 is 2.10 bits per heavy atom. The number of likely N-dealkylation sites (tertiary alicyclic amines) is 1. The molecule has 3 heterocycles. The fraction of sp³-hybridized carbons (Fsp3) is 0.350. The molecule has 1 unspecified atom stereocenters. The van der Waals surface area contributed by atoms with E-state index in [0.29, 0.717) is 34.6 Å². The van der Waals surface area contributed by atoms with E-state index < -0.39 is 0 Å². The molecule has 0 radical (unpaired) electrons. The van der Waals surface area contributed by atoms with Gasteiger partial charge in [0.15, 0.2) is 0 Å². The molecule has 1 saturated heterocycles. The molecular formula is C20H20Cl2N4O2S. The van der Waals surface area contributed by atoms with E-state index in [-0.39, 0.29) is 17.7 Å². The molecule has 2 aromatic heterocycles. The molecule has 9 heteroatoms. The maximum atomic E-state index is 13.0. The smallest absolute Gasteiger partial charge is 0.264 e. The number of amides is 2. The van der Waals surface area contributed by atoms with Crippen molar-refractivity contribution in [1.82, 2.24) is 14.7 Å². The van der Waals surface area contributed by atoms with Crippen LogP contribution in [0.4, 0.5) is 0 Å².